The Balaban J connectivity index is 1.96. The van der Waals surface area contributed by atoms with Gasteiger partial charge in [0.05, 0.1) is 18.0 Å². The second kappa shape index (κ2) is 7.41. The van der Waals surface area contributed by atoms with E-state index in [9.17, 15) is 20.0 Å². The highest BCUT2D eigenvalue weighted by Gasteiger charge is 2.25. The van der Waals surface area contributed by atoms with E-state index in [2.05, 4.69) is 5.32 Å². The lowest BCUT2D eigenvalue weighted by molar-refractivity contribution is -0.384. The average molecular weight is 349 g/mol. The van der Waals surface area contributed by atoms with Crippen molar-refractivity contribution in [3.63, 3.8) is 0 Å². The molecule has 0 aliphatic heterocycles. The molecule has 1 aromatic carbocycles. The molecule has 0 bridgehead atoms. The Kier molecular flexibility index (Phi) is 5.53. The number of anilines is 1. The summed E-state index contributed by atoms with van der Waals surface area (Å²) in [6.45, 7) is 1.65. The number of likely N-dealkylation sites (N-methyl/N-ethyl adjacent to an activating group) is 1. The highest BCUT2D eigenvalue weighted by Crippen LogP contribution is 2.26. The smallest absolute Gasteiger partial charge is 0.292 e. The predicted octanol–water partition coefficient (Wildman–Crippen LogP) is 2.12. The molecular weight excluding hydrogens is 330 g/mol. The van der Waals surface area contributed by atoms with E-state index in [-0.39, 0.29) is 24.7 Å². The molecule has 2 aromatic rings. The molecule has 1 atom stereocenters. The van der Waals surface area contributed by atoms with Crippen LogP contribution in [0.4, 0.5) is 11.4 Å². The number of amides is 1. The number of benzene rings is 1. The third-order valence-electron chi connectivity index (χ3n) is 3.55. The Bertz CT molecular complexity index is 716. The van der Waals surface area contributed by atoms with Crippen molar-refractivity contribution in [2.45, 2.75) is 12.5 Å². The van der Waals surface area contributed by atoms with Crippen molar-refractivity contribution in [2.24, 2.45) is 0 Å². The van der Waals surface area contributed by atoms with Crippen LogP contribution in [-0.2, 0) is 10.4 Å². The van der Waals surface area contributed by atoms with Crippen molar-refractivity contribution in [3.8, 4) is 0 Å². The molecule has 0 spiro atoms. The zero-order valence-electron chi connectivity index (χ0n) is 13.4. The number of nitrogens with zero attached hydrogens (tertiary/aromatic N) is 2. The van der Waals surface area contributed by atoms with Gasteiger partial charge in [0.15, 0.2) is 0 Å². The SMILES string of the molecule is CN(CC(=O)NCC(C)(O)c1cccs1)c1ccccc1[N+](=O)[O-]. The van der Waals surface area contributed by atoms with Crippen molar-refractivity contribution in [2.75, 3.05) is 25.0 Å². The third-order valence-corrected chi connectivity index (χ3v) is 4.68. The maximum atomic E-state index is 12.1. The van der Waals surface area contributed by atoms with E-state index in [0.717, 1.165) is 4.88 Å². The first-order chi connectivity index (χ1) is 11.3. The molecule has 0 radical (unpaired) electrons. The summed E-state index contributed by atoms with van der Waals surface area (Å²) in [5.41, 5.74) is -0.845. The van der Waals surface area contributed by atoms with E-state index >= 15 is 0 Å². The molecule has 0 saturated heterocycles. The van der Waals surface area contributed by atoms with Crippen molar-refractivity contribution >= 4 is 28.6 Å². The number of aliphatic hydroxyl groups is 1. The molecule has 2 rings (SSSR count). The van der Waals surface area contributed by atoms with Crippen LogP contribution in [0.1, 0.15) is 11.8 Å². The highest BCUT2D eigenvalue weighted by molar-refractivity contribution is 7.10. The first-order valence-electron chi connectivity index (χ1n) is 7.29. The summed E-state index contributed by atoms with van der Waals surface area (Å²) in [6.07, 6.45) is 0. The van der Waals surface area contributed by atoms with Gasteiger partial charge in [-0.25, -0.2) is 0 Å². The van der Waals surface area contributed by atoms with Gasteiger partial charge in [0.2, 0.25) is 5.91 Å². The van der Waals surface area contributed by atoms with Gasteiger partial charge in [-0.3, -0.25) is 14.9 Å². The van der Waals surface area contributed by atoms with Gasteiger partial charge in [0.25, 0.3) is 5.69 Å². The maximum absolute atomic E-state index is 12.1. The molecule has 24 heavy (non-hydrogen) atoms. The fraction of sp³-hybridized carbons (Fsp3) is 0.312. The van der Waals surface area contributed by atoms with Crippen LogP contribution in [-0.4, -0.2) is 36.1 Å². The summed E-state index contributed by atoms with van der Waals surface area (Å²) < 4.78 is 0. The van der Waals surface area contributed by atoms with Gasteiger partial charge >= 0.3 is 0 Å². The highest BCUT2D eigenvalue weighted by atomic mass is 32.1. The minimum atomic E-state index is -1.15. The van der Waals surface area contributed by atoms with Gasteiger partial charge in [0.1, 0.15) is 11.3 Å². The monoisotopic (exact) mass is 349 g/mol. The molecule has 2 N–H and O–H groups in total. The molecule has 0 saturated carbocycles. The zero-order valence-corrected chi connectivity index (χ0v) is 14.2. The van der Waals surface area contributed by atoms with Gasteiger partial charge < -0.3 is 15.3 Å². The van der Waals surface area contributed by atoms with Gasteiger partial charge in [0, 0.05) is 18.0 Å². The first-order valence-corrected chi connectivity index (χ1v) is 8.17. The molecule has 1 aromatic heterocycles. The Morgan fingerprint density at radius 3 is 2.71 bits per heavy atom. The van der Waals surface area contributed by atoms with Crippen molar-refractivity contribution in [3.05, 3.63) is 56.8 Å². The lowest BCUT2D eigenvalue weighted by Crippen LogP contribution is -2.42. The zero-order chi connectivity index (χ0) is 17.7. The van der Waals surface area contributed by atoms with Crippen LogP contribution in [0, 0.1) is 10.1 Å². The summed E-state index contributed by atoms with van der Waals surface area (Å²) in [5.74, 6) is -0.326. The van der Waals surface area contributed by atoms with Crippen LogP contribution in [0.15, 0.2) is 41.8 Å². The minimum absolute atomic E-state index is 0.0502. The number of hydrogen-bond acceptors (Lipinski definition) is 6. The van der Waals surface area contributed by atoms with Crippen molar-refractivity contribution in [1.29, 1.82) is 0 Å². The number of rotatable bonds is 7. The van der Waals surface area contributed by atoms with E-state index in [4.69, 9.17) is 0 Å². The summed E-state index contributed by atoms with van der Waals surface area (Å²) in [7, 11) is 1.61. The van der Waals surface area contributed by atoms with Crippen LogP contribution in [0.3, 0.4) is 0 Å². The van der Waals surface area contributed by atoms with E-state index in [1.165, 1.54) is 22.3 Å². The molecule has 8 heteroatoms. The molecule has 0 fully saturated rings. The topological polar surface area (TPSA) is 95.7 Å². The van der Waals surface area contributed by atoms with Crippen LogP contribution < -0.4 is 10.2 Å². The van der Waals surface area contributed by atoms with Crippen LogP contribution in [0.25, 0.3) is 0 Å². The number of para-hydroxylation sites is 2. The molecule has 1 amide bonds. The molecule has 0 aliphatic carbocycles. The number of thiophene rings is 1. The van der Waals surface area contributed by atoms with Gasteiger partial charge in [-0.1, -0.05) is 18.2 Å². The summed E-state index contributed by atoms with van der Waals surface area (Å²) >= 11 is 1.41. The lowest BCUT2D eigenvalue weighted by Gasteiger charge is -2.24. The fourth-order valence-electron chi connectivity index (χ4n) is 2.24. The van der Waals surface area contributed by atoms with Gasteiger partial charge in [-0.05, 0) is 24.4 Å². The minimum Gasteiger partial charge on any atom is -0.383 e. The van der Waals surface area contributed by atoms with E-state index in [0.29, 0.717) is 5.69 Å². The predicted molar refractivity (Wildman–Crippen MR) is 93.3 cm³/mol. The second-order valence-corrected chi connectivity index (χ2v) is 6.58. The first kappa shape index (κ1) is 17.9. The lowest BCUT2D eigenvalue weighted by atomic mass is 10.1. The van der Waals surface area contributed by atoms with Crippen molar-refractivity contribution in [1.82, 2.24) is 5.32 Å². The molecular formula is C16H19N3O4S. The molecule has 7 nitrogen and oxygen atoms in total. The summed E-state index contributed by atoms with van der Waals surface area (Å²) in [5, 5.41) is 26.0. The van der Waals surface area contributed by atoms with Gasteiger partial charge in [-0.2, -0.15) is 0 Å². The molecule has 1 heterocycles. The number of nitrogens with one attached hydrogen (secondary N) is 1. The molecule has 128 valence electrons. The van der Waals surface area contributed by atoms with E-state index in [1.54, 1.807) is 38.2 Å². The number of nitro groups is 1. The fourth-order valence-corrected chi connectivity index (χ4v) is 3.03. The second-order valence-electron chi connectivity index (χ2n) is 5.63. The Morgan fingerprint density at radius 2 is 2.08 bits per heavy atom. The van der Waals surface area contributed by atoms with Gasteiger partial charge in [-0.15, -0.1) is 11.3 Å². The Hall–Kier alpha value is -2.45. The Morgan fingerprint density at radius 1 is 1.38 bits per heavy atom. The van der Waals surface area contributed by atoms with Crippen LogP contribution >= 0.6 is 11.3 Å². The van der Waals surface area contributed by atoms with Crippen LogP contribution in [0.2, 0.25) is 0 Å². The summed E-state index contributed by atoms with van der Waals surface area (Å²) in [6, 6.07) is 9.87. The standard InChI is InChI=1S/C16H19N3O4S/c1-16(21,14-8-5-9-24-14)11-17-15(20)10-18(2)12-6-3-4-7-13(12)19(22)23/h3-9,21H,10-11H2,1-2H3,(H,17,20). The normalized spacial score (nSPS) is 13.1. The summed E-state index contributed by atoms with van der Waals surface area (Å²) in [4.78, 5) is 24.9. The van der Waals surface area contributed by atoms with Crippen LogP contribution in [0.5, 0.6) is 0 Å². The maximum Gasteiger partial charge on any atom is 0.292 e. The van der Waals surface area contributed by atoms with Crippen molar-refractivity contribution < 1.29 is 14.8 Å². The molecule has 1 unspecified atom stereocenters. The quantitative estimate of drug-likeness (QED) is 0.590. The number of carbonyl (C=O) groups is 1. The number of carbonyl (C=O) groups excluding carboxylic acids is 1. The van der Waals surface area contributed by atoms with E-state index in [1.807, 2.05) is 11.4 Å². The number of hydrogen-bond donors (Lipinski definition) is 2. The third kappa shape index (κ3) is 4.30. The Labute approximate surface area is 143 Å². The number of nitro benzene ring substituents is 1. The molecule has 0 aliphatic rings. The largest absolute Gasteiger partial charge is 0.383 e. The average Bonchev–Trinajstić information content (AvgIpc) is 3.08. The van der Waals surface area contributed by atoms with E-state index < -0.39 is 10.5 Å².